The van der Waals surface area contributed by atoms with Crippen LogP contribution in [-0.2, 0) is 10.0 Å². The fraction of sp³-hybridized carbons (Fsp3) is 0.500. The van der Waals surface area contributed by atoms with Crippen molar-refractivity contribution in [3.8, 4) is 5.88 Å². The van der Waals surface area contributed by atoms with E-state index in [0.29, 0.717) is 5.88 Å². The van der Waals surface area contributed by atoms with Crippen LogP contribution in [0.5, 0.6) is 5.88 Å². The number of sulfonamides is 1. The highest BCUT2D eigenvalue weighted by Gasteiger charge is 2.25. The summed E-state index contributed by atoms with van der Waals surface area (Å²) in [6, 6.07) is 1.77. The molecular formula is C12H18N4O3S. The standard InChI is InChI=1S/C12H18N4O3S/c1-9-6-10(15-16-5-4-14-11(9)16)19-7-12(2,3)8-20(13,17)18/h4-6H,7-8H2,1-3H3,(H2,13,17,18). The first-order valence-electron chi connectivity index (χ1n) is 6.11. The number of rotatable bonds is 5. The Labute approximate surface area is 117 Å². The SMILES string of the molecule is Cc1cc(OCC(C)(C)CS(N)(=O)=O)nn2ccnc12. The van der Waals surface area contributed by atoms with Crippen LogP contribution in [0, 0.1) is 12.3 Å². The molecule has 2 aromatic heterocycles. The van der Waals surface area contributed by atoms with Gasteiger partial charge in [0.15, 0.2) is 5.65 Å². The van der Waals surface area contributed by atoms with E-state index in [-0.39, 0.29) is 12.4 Å². The summed E-state index contributed by atoms with van der Waals surface area (Å²) in [6.07, 6.45) is 3.38. The summed E-state index contributed by atoms with van der Waals surface area (Å²) >= 11 is 0. The molecule has 0 aromatic carbocycles. The maximum atomic E-state index is 11.1. The number of ether oxygens (including phenoxy) is 1. The second-order valence-corrected chi connectivity index (χ2v) is 7.24. The third-order valence-corrected chi connectivity index (χ3v) is 3.91. The molecule has 0 fully saturated rings. The normalized spacial score (nSPS) is 12.8. The summed E-state index contributed by atoms with van der Waals surface area (Å²) in [5.41, 5.74) is 1.11. The van der Waals surface area contributed by atoms with Gasteiger partial charge in [-0.1, -0.05) is 13.8 Å². The topological polar surface area (TPSA) is 99.6 Å². The highest BCUT2D eigenvalue weighted by atomic mass is 32.2. The van der Waals surface area contributed by atoms with Crippen molar-refractivity contribution in [2.75, 3.05) is 12.4 Å². The monoisotopic (exact) mass is 298 g/mol. The van der Waals surface area contributed by atoms with Crippen LogP contribution in [0.25, 0.3) is 5.65 Å². The van der Waals surface area contributed by atoms with Gasteiger partial charge in [0.05, 0.1) is 12.4 Å². The number of primary sulfonamides is 1. The van der Waals surface area contributed by atoms with Gasteiger partial charge in [-0.05, 0) is 12.5 Å². The number of aromatic nitrogens is 3. The van der Waals surface area contributed by atoms with Crippen LogP contribution in [0.4, 0.5) is 0 Å². The van der Waals surface area contributed by atoms with Crippen molar-refractivity contribution in [3.63, 3.8) is 0 Å². The minimum Gasteiger partial charge on any atom is -0.476 e. The van der Waals surface area contributed by atoms with Crippen molar-refractivity contribution in [2.45, 2.75) is 20.8 Å². The molecule has 2 heterocycles. The molecule has 0 aliphatic carbocycles. The molecule has 20 heavy (non-hydrogen) atoms. The van der Waals surface area contributed by atoms with Gasteiger partial charge in [0, 0.05) is 23.9 Å². The van der Waals surface area contributed by atoms with E-state index in [2.05, 4.69) is 10.1 Å². The molecule has 2 rings (SSSR count). The van der Waals surface area contributed by atoms with Gasteiger partial charge in [0.2, 0.25) is 15.9 Å². The number of aryl methyl sites for hydroxylation is 1. The lowest BCUT2D eigenvalue weighted by Crippen LogP contribution is -2.33. The van der Waals surface area contributed by atoms with Gasteiger partial charge >= 0.3 is 0 Å². The van der Waals surface area contributed by atoms with E-state index in [0.717, 1.165) is 11.2 Å². The fourth-order valence-electron chi connectivity index (χ4n) is 1.97. The third kappa shape index (κ3) is 3.67. The molecule has 0 amide bonds. The number of hydrogen-bond acceptors (Lipinski definition) is 5. The zero-order valence-corrected chi connectivity index (χ0v) is 12.5. The smallest absolute Gasteiger partial charge is 0.232 e. The zero-order valence-electron chi connectivity index (χ0n) is 11.7. The van der Waals surface area contributed by atoms with Crippen molar-refractivity contribution in [2.24, 2.45) is 10.6 Å². The van der Waals surface area contributed by atoms with Crippen LogP contribution >= 0.6 is 0 Å². The van der Waals surface area contributed by atoms with Gasteiger partial charge in [-0.25, -0.2) is 23.1 Å². The number of nitrogens with zero attached hydrogens (tertiary/aromatic N) is 3. The molecular weight excluding hydrogens is 280 g/mol. The number of imidazole rings is 1. The van der Waals surface area contributed by atoms with Gasteiger partial charge in [-0.3, -0.25) is 0 Å². The molecule has 0 aliphatic heterocycles. The van der Waals surface area contributed by atoms with E-state index in [4.69, 9.17) is 9.88 Å². The van der Waals surface area contributed by atoms with Gasteiger partial charge in [0.25, 0.3) is 0 Å². The minimum atomic E-state index is -3.54. The van der Waals surface area contributed by atoms with Crippen molar-refractivity contribution < 1.29 is 13.2 Å². The predicted molar refractivity (Wildman–Crippen MR) is 75.0 cm³/mol. The molecule has 7 nitrogen and oxygen atoms in total. The van der Waals surface area contributed by atoms with Crippen molar-refractivity contribution in [1.82, 2.24) is 14.6 Å². The molecule has 0 radical (unpaired) electrons. The predicted octanol–water partition coefficient (Wildman–Crippen LogP) is 0.731. The Balaban J connectivity index is 2.12. The van der Waals surface area contributed by atoms with Crippen LogP contribution in [0.15, 0.2) is 18.5 Å². The maximum absolute atomic E-state index is 11.1. The summed E-state index contributed by atoms with van der Waals surface area (Å²) in [6.45, 7) is 5.67. The second-order valence-electron chi connectivity index (χ2n) is 5.62. The summed E-state index contributed by atoms with van der Waals surface area (Å²) < 4.78 is 29.5. The maximum Gasteiger partial charge on any atom is 0.232 e. The Morgan fingerprint density at radius 2 is 2.15 bits per heavy atom. The summed E-state index contributed by atoms with van der Waals surface area (Å²) in [5, 5.41) is 9.31. The lowest BCUT2D eigenvalue weighted by Gasteiger charge is -2.23. The first-order chi connectivity index (χ1) is 9.16. The van der Waals surface area contributed by atoms with Crippen LogP contribution < -0.4 is 9.88 Å². The fourth-order valence-corrected chi connectivity index (χ4v) is 3.14. The van der Waals surface area contributed by atoms with Gasteiger partial charge < -0.3 is 4.74 Å². The number of hydrogen-bond donors (Lipinski definition) is 1. The van der Waals surface area contributed by atoms with E-state index in [1.807, 2.05) is 6.92 Å². The summed E-state index contributed by atoms with van der Waals surface area (Å²) in [4.78, 5) is 4.17. The Hall–Kier alpha value is -1.67. The lowest BCUT2D eigenvalue weighted by atomic mass is 9.98. The molecule has 0 saturated heterocycles. The van der Waals surface area contributed by atoms with E-state index in [9.17, 15) is 8.42 Å². The summed E-state index contributed by atoms with van der Waals surface area (Å²) in [5.74, 6) is 0.280. The van der Waals surface area contributed by atoms with Crippen LogP contribution in [0.2, 0.25) is 0 Å². The second kappa shape index (κ2) is 5.02. The van der Waals surface area contributed by atoms with E-state index >= 15 is 0 Å². The molecule has 0 bridgehead atoms. The average molecular weight is 298 g/mol. The molecule has 0 aliphatic rings. The highest BCUT2D eigenvalue weighted by Crippen LogP contribution is 2.20. The molecule has 0 unspecified atom stereocenters. The number of fused-ring (bicyclic) bond motifs is 1. The number of nitrogens with two attached hydrogens (primary N) is 1. The van der Waals surface area contributed by atoms with E-state index in [1.165, 1.54) is 0 Å². The molecule has 110 valence electrons. The molecule has 0 atom stereocenters. The van der Waals surface area contributed by atoms with Gasteiger partial charge in [-0.2, -0.15) is 0 Å². The van der Waals surface area contributed by atoms with E-state index in [1.54, 1.807) is 36.8 Å². The van der Waals surface area contributed by atoms with Gasteiger partial charge in [0.1, 0.15) is 0 Å². The first kappa shape index (κ1) is 14.7. The first-order valence-corrected chi connectivity index (χ1v) is 7.82. The molecule has 0 saturated carbocycles. The van der Waals surface area contributed by atoms with Crippen molar-refractivity contribution in [1.29, 1.82) is 0 Å². The minimum absolute atomic E-state index is 0.147. The van der Waals surface area contributed by atoms with Crippen molar-refractivity contribution in [3.05, 3.63) is 24.0 Å². The molecule has 8 heteroatoms. The Kier molecular flexibility index (Phi) is 3.70. The van der Waals surface area contributed by atoms with Crippen LogP contribution in [0.1, 0.15) is 19.4 Å². The van der Waals surface area contributed by atoms with Crippen LogP contribution in [0.3, 0.4) is 0 Å². The zero-order chi connectivity index (χ0) is 15.0. The molecule has 2 N–H and O–H groups in total. The quantitative estimate of drug-likeness (QED) is 0.877. The summed E-state index contributed by atoms with van der Waals surface area (Å²) in [7, 11) is -3.54. The van der Waals surface area contributed by atoms with Gasteiger partial charge in [-0.15, -0.1) is 5.10 Å². The Morgan fingerprint density at radius 1 is 1.45 bits per heavy atom. The third-order valence-electron chi connectivity index (χ3n) is 2.72. The Bertz CT molecular complexity index is 721. The highest BCUT2D eigenvalue weighted by molar-refractivity contribution is 7.89. The molecule has 0 spiro atoms. The van der Waals surface area contributed by atoms with E-state index < -0.39 is 15.4 Å². The Morgan fingerprint density at radius 3 is 2.80 bits per heavy atom. The average Bonchev–Trinajstić information content (AvgIpc) is 2.72. The van der Waals surface area contributed by atoms with Crippen molar-refractivity contribution >= 4 is 15.7 Å². The molecule has 2 aromatic rings. The van der Waals surface area contributed by atoms with Crippen LogP contribution in [-0.4, -0.2) is 35.4 Å². The largest absolute Gasteiger partial charge is 0.476 e. The lowest BCUT2D eigenvalue weighted by molar-refractivity contribution is 0.191.